The predicted octanol–water partition coefficient (Wildman–Crippen LogP) is 1.18. The maximum Gasteiger partial charge on any atom is 0.261 e. The van der Waals surface area contributed by atoms with Crippen LogP contribution in [-0.4, -0.2) is 36.0 Å². The molecule has 3 aromatic heterocycles. The third-order valence-corrected chi connectivity index (χ3v) is 3.37. The summed E-state index contributed by atoms with van der Waals surface area (Å²) in [5, 5.41) is 13.8. The van der Waals surface area contributed by atoms with Crippen LogP contribution in [0.5, 0.6) is 0 Å². The molecule has 0 amide bonds. The van der Waals surface area contributed by atoms with Crippen molar-refractivity contribution < 1.29 is 5.11 Å². The smallest absolute Gasteiger partial charge is 0.261 e. The fourth-order valence-electron chi connectivity index (χ4n) is 2.05. The number of halogens is 1. The van der Waals surface area contributed by atoms with Crippen molar-refractivity contribution >= 4 is 22.5 Å². The lowest BCUT2D eigenvalue weighted by atomic mass is 10.2. The predicted molar refractivity (Wildman–Crippen MR) is 77.7 cm³/mol. The van der Waals surface area contributed by atoms with Crippen LogP contribution in [0.25, 0.3) is 16.7 Å². The molecule has 3 heterocycles. The van der Waals surface area contributed by atoms with E-state index in [1.165, 1.54) is 21.6 Å². The second kappa shape index (κ2) is 5.27. The van der Waals surface area contributed by atoms with Crippen molar-refractivity contribution in [2.24, 2.45) is 0 Å². The topological polar surface area (TPSA) is 85.8 Å². The molecule has 0 saturated carbocycles. The van der Waals surface area contributed by atoms with Crippen LogP contribution in [0.1, 0.15) is 13.0 Å². The zero-order valence-corrected chi connectivity index (χ0v) is 11.9. The zero-order valence-electron chi connectivity index (χ0n) is 11.1. The fraction of sp³-hybridized carbons (Fsp3) is 0.231. The minimum Gasteiger partial charge on any atom is -0.394 e. The number of fused-ring (bicyclic) bond motifs is 1. The van der Waals surface area contributed by atoms with Crippen LogP contribution in [-0.2, 0) is 0 Å². The van der Waals surface area contributed by atoms with Crippen LogP contribution in [0.4, 0.5) is 0 Å². The molecule has 0 fully saturated rings. The van der Waals surface area contributed by atoms with E-state index in [0.29, 0.717) is 16.7 Å². The van der Waals surface area contributed by atoms with Crippen LogP contribution in [0, 0.1) is 0 Å². The molecule has 0 spiro atoms. The molecule has 3 aromatic rings. The number of pyridine rings is 1. The maximum absolute atomic E-state index is 12.5. The van der Waals surface area contributed by atoms with E-state index in [-0.39, 0.29) is 23.4 Å². The first kappa shape index (κ1) is 13.7. The lowest BCUT2D eigenvalue weighted by Gasteiger charge is -2.13. The van der Waals surface area contributed by atoms with E-state index in [9.17, 15) is 9.90 Å². The molecule has 0 bridgehead atoms. The molecule has 0 aliphatic rings. The molecule has 21 heavy (non-hydrogen) atoms. The van der Waals surface area contributed by atoms with Crippen molar-refractivity contribution in [1.82, 2.24) is 24.3 Å². The highest BCUT2D eigenvalue weighted by Crippen LogP contribution is 2.19. The van der Waals surface area contributed by atoms with Gasteiger partial charge in [-0.05, 0) is 19.1 Å². The first-order valence-electron chi connectivity index (χ1n) is 6.30. The highest BCUT2D eigenvalue weighted by Gasteiger charge is 2.15. The lowest BCUT2D eigenvalue weighted by molar-refractivity contribution is 0.236. The Hall–Kier alpha value is -2.25. The quantitative estimate of drug-likeness (QED) is 0.734. The number of rotatable bonds is 3. The minimum atomic E-state index is -0.366. The fourth-order valence-corrected chi connectivity index (χ4v) is 2.24. The summed E-state index contributed by atoms with van der Waals surface area (Å²) in [6.45, 7) is 1.57. The summed E-state index contributed by atoms with van der Waals surface area (Å²) in [7, 11) is 0. The summed E-state index contributed by atoms with van der Waals surface area (Å²) in [5.74, 6) is 0.392. The minimum absolute atomic E-state index is 0.155. The molecule has 8 heteroatoms. The van der Waals surface area contributed by atoms with Gasteiger partial charge in [0.25, 0.3) is 5.56 Å². The van der Waals surface area contributed by atoms with Crippen molar-refractivity contribution in [3.05, 3.63) is 46.4 Å². The van der Waals surface area contributed by atoms with Gasteiger partial charge in [-0.1, -0.05) is 11.6 Å². The Morgan fingerprint density at radius 3 is 2.95 bits per heavy atom. The van der Waals surface area contributed by atoms with Crippen molar-refractivity contribution in [2.45, 2.75) is 13.0 Å². The Kier molecular flexibility index (Phi) is 3.44. The lowest BCUT2D eigenvalue weighted by Crippen LogP contribution is -2.26. The van der Waals surface area contributed by atoms with E-state index in [2.05, 4.69) is 15.1 Å². The van der Waals surface area contributed by atoms with Gasteiger partial charge in [0, 0.05) is 12.4 Å². The summed E-state index contributed by atoms with van der Waals surface area (Å²) >= 11 is 6.00. The third-order valence-electron chi connectivity index (χ3n) is 3.18. The van der Waals surface area contributed by atoms with Gasteiger partial charge in [-0.3, -0.25) is 9.36 Å². The molecular weight excluding hydrogens is 294 g/mol. The molecular formula is C13H12ClN5O2. The van der Waals surface area contributed by atoms with Crippen LogP contribution in [0.15, 0.2) is 35.6 Å². The average molecular weight is 306 g/mol. The number of hydrogen-bond donors (Lipinski definition) is 1. The van der Waals surface area contributed by atoms with Gasteiger partial charge in [0.2, 0.25) is 0 Å². The highest BCUT2D eigenvalue weighted by atomic mass is 35.5. The van der Waals surface area contributed by atoms with E-state index >= 15 is 0 Å². The van der Waals surface area contributed by atoms with Gasteiger partial charge in [-0.15, -0.1) is 0 Å². The second-order valence-electron chi connectivity index (χ2n) is 4.60. The molecule has 7 nitrogen and oxygen atoms in total. The Labute approximate surface area is 124 Å². The van der Waals surface area contributed by atoms with Gasteiger partial charge in [-0.25, -0.2) is 14.6 Å². The van der Waals surface area contributed by atoms with E-state index in [1.807, 2.05) is 0 Å². The van der Waals surface area contributed by atoms with Gasteiger partial charge in [-0.2, -0.15) is 5.10 Å². The van der Waals surface area contributed by atoms with Gasteiger partial charge >= 0.3 is 0 Å². The third kappa shape index (κ3) is 2.30. The average Bonchev–Trinajstić information content (AvgIpc) is 3.01. The summed E-state index contributed by atoms with van der Waals surface area (Å²) in [6.07, 6.45) is 4.69. The standard InChI is InChI=1S/C13H12ClN5O2/c1-8(6-20)18-7-15-11-9(13(18)21)5-10(14)17-12(11)19-4-2-3-16-19/h2-5,7-8,20H,6H2,1H3/t8-/m0/s1. The maximum atomic E-state index is 12.5. The van der Waals surface area contributed by atoms with Crippen molar-refractivity contribution in [2.75, 3.05) is 6.61 Å². The van der Waals surface area contributed by atoms with Crippen molar-refractivity contribution in [1.29, 1.82) is 0 Å². The molecule has 0 radical (unpaired) electrons. The van der Waals surface area contributed by atoms with Crippen molar-refractivity contribution in [3.8, 4) is 5.82 Å². The molecule has 0 aromatic carbocycles. The second-order valence-corrected chi connectivity index (χ2v) is 4.99. The largest absolute Gasteiger partial charge is 0.394 e. The van der Waals surface area contributed by atoms with Crippen LogP contribution in [0.3, 0.4) is 0 Å². The molecule has 1 atom stereocenters. The number of hydrogen-bond acceptors (Lipinski definition) is 5. The molecule has 108 valence electrons. The normalized spacial score (nSPS) is 12.7. The monoisotopic (exact) mass is 305 g/mol. The Morgan fingerprint density at radius 1 is 1.48 bits per heavy atom. The van der Waals surface area contributed by atoms with E-state index in [0.717, 1.165) is 0 Å². The summed E-state index contributed by atoms with van der Waals surface area (Å²) in [4.78, 5) is 21.0. The first-order valence-corrected chi connectivity index (χ1v) is 6.68. The summed E-state index contributed by atoms with van der Waals surface area (Å²) in [5.41, 5.74) is 0.133. The van der Waals surface area contributed by atoms with Crippen LogP contribution in [0.2, 0.25) is 5.15 Å². The SMILES string of the molecule is C[C@@H](CO)n1cnc2c(-n3cccn3)nc(Cl)cc2c1=O. The molecule has 3 rings (SSSR count). The van der Waals surface area contributed by atoms with Gasteiger partial charge < -0.3 is 5.11 Å². The van der Waals surface area contributed by atoms with E-state index in [1.54, 1.807) is 25.4 Å². The van der Waals surface area contributed by atoms with E-state index < -0.39 is 0 Å². The Balaban J connectivity index is 2.34. The number of aliphatic hydroxyl groups excluding tert-OH is 1. The van der Waals surface area contributed by atoms with Gasteiger partial charge in [0.1, 0.15) is 10.7 Å². The van der Waals surface area contributed by atoms with E-state index in [4.69, 9.17) is 11.6 Å². The van der Waals surface area contributed by atoms with Crippen LogP contribution < -0.4 is 5.56 Å². The summed E-state index contributed by atoms with van der Waals surface area (Å²) in [6, 6.07) is 2.85. The van der Waals surface area contributed by atoms with Crippen LogP contribution >= 0.6 is 11.6 Å². The molecule has 0 saturated heterocycles. The molecule has 0 unspecified atom stereocenters. The zero-order chi connectivity index (χ0) is 15.0. The Morgan fingerprint density at radius 2 is 2.29 bits per heavy atom. The first-order chi connectivity index (χ1) is 10.1. The molecule has 1 N–H and O–H groups in total. The van der Waals surface area contributed by atoms with Crippen molar-refractivity contribution in [3.63, 3.8) is 0 Å². The van der Waals surface area contributed by atoms with Gasteiger partial charge in [0.05, 0.1) is 24.4 Å². The molecule has 0 aliphatic carbocycles. The number of nitrogens with zero attached hydrogens (tertiary/aromatic N) is 5. The van der Waals surface area contributed by atoms with Gasteiger partial charge in [0.15, 0.2) is 5.82 Å². The number of aliphatic hydroxyl groups is 1. The number of aromatic nitrogens is 5. The highest BCUT2D eigenvalue weighted by molar-refractivity contribution is 6.30. The molecule has 0 aliphatic heterocycles. The summed E-state index contributed by atoms with van der Waals surface area (Å²) < 4.78 is 2.87. The Bertz CT molecular complexity index is 844.